The Labute approximate surface area is 132 Å². The van der Waals surface area contributed by atoms with E-state index in [9.17, 15) is 0 Å². The molecule has 0 spiro atoms. The highest BCUT2D eigenvalue weighted by molar-refractivity contribution is 7.99. The summed E-state index contributed by atoms with van der Waals surface area (Å²) in [6.45, 7) is 8.16. The zero-order valence-corrected chi connectivity index (χ0v) is 14.1. The second kappa shape index (κ2) is 8.66. The first-order valence-corrected chi connectivity index (χ1v) is 9.06. The summed E-state index contributed by atoms with van der Waals surface area (Å²) in [5.74, 6) is 3.11. The fourth-order valence-electron chi connectivity index (χ4n) is 2.54. The van der Waals surface area contributed by atoms with Gasteiger partial charge >= 0.3 is 0 Å². The third-order valence-electron chi connectivity index (χ3n) is 3.44. The molecular formula is C17H27NO2S. The van der Waals surface area contributed by atoms with E-state index < -0.39 is 0 Å². The van der Waals surface area contributed by atoms with Crippen molar-refractivity contribution in [2.45, 2.75) is 45.4 Å². The van der Waals surface area contributed by atoms with E-state index in [1.54, 1.807) is 0 Å². The Morgan fingerprint density at radius 3 is 2.86 bits per heavy atom. The molecule has 0 amide bonds. The van der Waals surface area contributed by atoms with Gasteiger partial charge in [-0.3, -0.25) is 0 Å². The van der Waals surface area contributed by atoms with Crippen LogP contribution < -0.4 is 10.1 Å². The Balaban J connectivity index is 2.22. The molecule has 4 heteroatoms. The highest BCUT2D eigenvalue weighted by Gasteiger charge is 2.28. The molecule has 0 bridgehead atoms. The molecule has 21 heavy (non-hydrogen) atoms. The van der Waals surface area contributed by atoms with Gasteiger partial charge < -0.3 is 14.8 Å². The smallest absolute Gasteiger partial charge is 0.124 e. The molecule has 1 aromatic carbocycles. The average molecular weight is 309 g/mol. The highest BCUT2D eigenvalue weighted by atomic mass is 32.2. The van der Waals surface area contributed by atoms with Crippen LogP contribution >= 0.6 is 11.8 Å². The minimum atomic E-state index is 0.180. The summed E-state index contributed by atoms with van der Waals surface area (Å²) in [4.78, 5) is 0. The van der Waals surface area contributed by atoms with E-state index in [0.717, 1.165) is 36.8 Å². The molecule has 3 nitrogen and oxygen atoms in total. The summed E-state index contributed by atoms with van der Waals surface area (Å²) in [5, 5.41) is 3.65. The molecule has 2 rings (SSSR count). The SMILES string of the molecule is CCCNC(c1ccccc1OC(C)C)C1CSCCO1. The Morgan fingerprint density at radius 2 is 2.19 bits per heavy atom. The first kappa shape index (κ1) is 16.7. The second-order valence-corrected chi connectivity index (χ2v) is 6.77. The molecule has 1 aliphatic heterocycles. The summed E-state index contributed by atoms with van der Waals surface area (Å²) < 4.78 is 12.0. The van der Waals surface area contributed by atoms with Gasteiger partial charge in [0.2, 0.25) is 0 Å². The second-order valence-electron chi connectivity index (χ2n) is 5.62. The molecule has 0 saturated carbocycles. The lowest BCUT2D eigenvalue weighted by Crippen LogP contribution is -2.38. The van der Waals surface area contributed by atoms with Gasteiger partial charge in [-0.15, -0.1) is 0 Å². The van der Waals surface area contributed by atoms with E-state index in [0.29, 0.717) is 0 Å². The van der Waals surface area contributed by atoms with Gasteiger partial charge in [0.1, 0.15) is 5.75 Å². The fourth-order valence-corrected chi connectivity index (χ4v) is 3.44. The molecule has 2 unspecified atom stereocenters. The molecule has 1 aliphatic rings. The van der Waals surface area contributed by atoms with Crippen molar-refractivity contribution < 1.29 is 9.47 Å². The van der Waals surface area contributed by atoms with E-state index in [1.165, 1.54) is 5.56 Å². The molecule has 0 aliphatic carbocycles. The highest BCUT2D eigenvalue weighted by Crippen LogP contribution is 2.32. The Bertz CT molecular complexity index is 419. The fraction of sp³-hybridized carbons (Fsp3) is 0.647. The Morgan fingerprint density at radius 1 is 1.38 bits per heavy atom. The average Bonchev–Trinajstić information content (AvgIpc) is 2.50. The van der Waals surface area contributed by atoms with Crippen molar-refractivity contribution in [1.29, 1.82) is 0 Å². The van der Waals surface area contributed by atoms with Crippen LogP contribution in [0.25, 0.3) is 0 Å². The number of benzene rings is 1. The van der Waals surface area contributed by atoms with Crippen LogP contribution in [0.4, 0.5) is 0 Å². The molecule has 1 heterocycles. The van der Waals surface area contributed by atoms with Crippen LogP contribution in [0.2, 0.25) is 0 Å². The number of hydrogen-bond donors (Lipinski definition) is 1. The maximum atomic E-state index is 6.01. The van der Waals surface area contributed by atoms with Crippen molar-refractivity contribution in [3.8, 4) is 5.75 Å². The van der Waals surface area contributed by atoms with Crippen molar-refractivity contribution in [2.75, 3.05) is 24.7 Å². The van der Waals surface area contributed by atoms with Crippen LogP contribution in [0.5, 0.6) is 5.75 Å². The van der Waals surface area contributed by atoms with Gasteiger partial charge in [0.25, 0.3) is 0 Å². The van der Waals surface area contributed by atoms with Gasteiger partial charge in [-0.25, -0.2) is 0 Å². The molecule has 0 radical (unpaired) electrons. The van der Waals surface area contributed by atoms with E-state index >= 15 is 0 Å². The normalized spacial score (nSPS) is 20.5. The quantitative estimate of drug-likeness (QED) is 0.833. The lowest BCUT2D eigenvalue weighted by molar-refractivity contribution is 0.0456. The molecule has 0 aromatic heterocycles. The van der Waals surface area contributed by atoms with Crippen molar-refractivity contribution in [2.24, 2.45) is 0 Å². The lowest BCUT2D eigenvalue weighted by Gasteiger charge is -2.32. The molecule has 1 aromatic rings. The van der Waals surface area contributed by atoms with Crippen LogP contribution in [0.1, 0.15) is 38.8 Å². The number of ether oxygens (including phenoxy) is 2. The summed E-state index contributed by atoms with van der Waals surface area (Å²) in [6.07, 6.45) is 1.51. The van der Waals surface area contributed by atoms with Gasteiger partial charge in [-0.2, -0.15) is 11.8 Å². The zero-order chi connectivity index (χ0) is 15.1. The van der Waals surface area contributed by atoms with Crippen molar-refractivity contribution in [3.05, 3.63) is 29.8 Å². The molecule has 1 fully saturated rings. The molecule has 2 atom stereocenters. The number of nitrogens with one attached hydrogen (secondary N) is 1. The molecule has 1 saturated heterocycles. The Hall–Kier alpha value is -0.710. The summed E-state index contributed by atoms with van der Waals surface area (Å²) in [7, 11) is 0. The maximum Gasteiger partial charge on any atom is 0.124 e. The number of rotatable bonds is 7. The van der Waals surface area contributed by atoms with Crippen molar-refractivity contribution >= 4 is 11.8 Å². The standard InChI is InChI=1S/C17H27NO2S/c1-4-9-18-17(16-12-21-11-10-19-16)14-7-5-6-8-15(14)20-13(2)3/h5-8,13,16-18H,4,9-12H2,1-3H3. The topological polar surface area (TPSA) is 30.5 Å². The van der Waals surface area contributed by atoms with Gasteiger partial charge in [-0.05, 0) is 32.9 Å². The number of para-hydroxylation sites is 1. The van der Waals surface area contributed by atoms with Crippen LogP contribution in [-0.2, 0) is 4.74 Å². The van der Waals surface area contributed by atoms with E-state index in [1.807, 2.05) is 17.8 Å². The Kier molecular flexibility index (Phi) is 6.87. The summed E-state index contributed by atoms with van der Waals surface area (Å²) >= 11 is 1.97. The van der Waals surface area contributed by atoms with Crippen LogP contribution in [0, 0.1) is 0 Å². The van der Waals surface area contributed by atoms with E-state index in [4.69, 9.17) is 9.47 Å². The zero-order valence-electron chi connectivity index (χ0n) is 13.3. The minimum Gasteiger partial charge on any atom is -0.491 e. The molecule has 1 N–H and O–H groups in total. The number of thioether (sulfide) groups is 1. The van der Waals surface area contributed by atoms with Gasteiger partial charge in [0.05, 0.1) is 24.9 Å². The van der Waals surface area contributed by atoms with Crippen molar-refractivity contribution in [1.82, 2.24) is 5.32 Å². The lowest BCUT2D eigenvalue weighted by atomic mass is 10.0. The predicted octanol–water partition coefficient (Wildman–Crippen LogP) is 3.65. The minimum absolute atomic E-state index is 0.180. The third-order valence-corrected chi connectivity index (χ3v) is 4.46. The molecular weight excluding hydrogens is 282 g/mol. The van der Waals surface area contributed by atoms with Crippen LogP contribution in [0.3, 0.4) is 0 Å². The van der Waals surface area contributed by atoms with Gasteiger partial charge in [0.15, 0.2) is 0 Å². The summed E-state index contributed by atoms with van der Waals surface area (Å²) in [6, 6.07) is 8.54. The monoisotopic (exact) mass is 309 g/mol. The van der Waals surface area contributed by atoms with E-state index in [-0.39, 0.29) is 18.2 Å². The number of hydrogen-bond acceptors (Lipinski definition) is 4. The third kappa shape index (κ3) is 4.90. The largest absolute Gasteiger partial charge is 0.491 e. The summed E-state index contributed by atoms with van der Waals surface area (Å²) in [5.41, 5.74) is 1.21. The van der Waals surface area contributed by atoms with Gasteiger partial charge in [-0.1, -0.05) is 25.1 Å². The van der Waals surface area contributed by atoms with Crippen molar-refractivity contribution in [3.63, 3.8) is 0 Å². The molecule has 118 valence electrons. The van der Waals surface area contributed by atoms with E-state index in [2.05, 4.69) is 44.3 Å². The first-order chi connectivity index (χ1) is 10.2. The maximum absolute atomic E-state index is 6.01. The first-order valence-electron chi connectivity index (χ1n) is 7.90. The predicted molar refractivity (Wildman–Crippen MR) is 90.3 cm³/mol. The van der Waals surface area contributed by atoms with Gasteiger partial charge in [0, 0.05) is 17.1 Å². The van der Waals surface area contributed by atoms with Crippen LogP contribution in [-0.4, -0.2) is 36.9 Å². The van der Waals surface area contributed by atoms with Crippen LogP contribution in [0.15, 0.2) is 24.3 Å².